The fourth-order valence-electron chi connectivity index (χ4n) is 1.51. The molecule has 0 aliphatic rings. The lowest BCUT2D eigenvalue weighted by Crippen LogP contribution is -2.16. The molecule has 0 saturated carbocycles. The van der Waals surface area contributed by atoms with Crippen LogP contribution < -0.4 is 5.73 Å². The van der Waals surface area contributed by atoms with Crippen LogP contribution in [0.15, 0.2) is 11.1 Å². The SMILES string of the molecule is Cc1cc(C)c(C(=N)N)c(SCC(C)CO)n1. The third-order valence-corrected chi connectivity index (χ3v) is 3.70. The Balaban J connectivity index is 3.00. The van der Waals surface area contributed by atoms with Crippen molar-refractivity contribution in [2.45, 2.75) is 25.8 Å². The monoisotopic (exact) mass is 253 g/mol. The van der Waals surface area contributed by atoms with Crippen molar-refractivity contribution in [1.82, 2.24) is 4.98 Å². The summed E-state index contributed by atoms with van der Waals surface area (Å²) < 4.78 is 0. The van der Waals surface area contributed by atoms with Crippen molar-refractivity contribution in [2.24, 2.45) is 11.7 Å². The van der Waals surface area contributed by atoms with Gasteiger partial charge in [0.2, 0.25) is 0 Å². The van der Waals surface area contributed by atoms with Crippen LogP contribution in [0.4, 0.5) is 0 Å². The fourth-order valence-corrected chi connectivity index (χ4v) is 2.68. The minimum atomic E-state index is 0.0501. The van der Waals surface area contributed by atoms with E-state index in [4.69, 9.17) is 16.2 Å². The number of nitrogens with zero attached hydrogens (tertiary/aromatic N) is 1. The van der Waals surface area contributed by atoms with Crippen LogP contribution in [0.1, 0.15) is 23.7 Å². The van der Waals surface area contributed by atoms with Crippen LogP contribution in [-0.4, -0.2) is 28.3 Å². The third kappa shape index (κ3) is 3.71. The van der Waals surface area contributed by atoms with E-state index >= 15 is 0 Å². The van der Waals surface area contributed by atoms with E-state index in [1.165, 1.54) is 0 Å². The lowest BCUT2D eigenvalue weighted by Gasteiger charge is -2.13. The third-order valence-electron chi connectivity index (χ3n) is 2.40. The van der Waals surface area contributed by atoms with E-state index in [2.05, 4.69) is 4.98 Å². The van der Waals surface area contributed by atoms with Crippen molar-refractivity contribution in [1.29, 1.82) is 5.41 Å². The molecule has 1 rings (SSSR count). The molecule has 0 aliphatic heterocycles. The predicted molar refractivity (Wildman–Crippen MR) is 71.7 cm³/mol. The zero-order valence-corrected chi connectivity index (χ0v) is 11.3. The topological polar surface area (TPSA) is 83.0 Å². The number of aliphatic hydroxyl groups is 1. The molecular formula is C12H19N3OS. The summed E-state index contributed by atoms with van der Waals surface area (Å²) in [6.07, 6.45) is 0. The second-order valence-electron chi connectivity index (χ2n) is 4.27. The number of nitrogens with two attached hydrogens (primary N) is 1. The summed E-state index contributed by atoms with van der Waals surface area (Å²) in [4.78, 5) is 4.42. The highest BCUT2D eigenvalue weighted by atomic mass is 32.2. The van der Waals surface area contributed by atoms with Gasteiger partial charge in [-0.2, -0.15) is 0 Å². The first-order chi connectivity index (χ1) is 7.95. The van der Waals surface area contributed by atoms with E-state index in [1.807, 2.05) is 26.8 Å². The van der Waals surface area contributed by atoms with Crippen molar-refractivity contribution in [3.8, 4) is 0 Å². The van der Waals surface area contributed by atoms with Crippen molar-refractivity contribution in [2.75, 3.05) is 12.4 Å². The summed E-state index contributed by atoms with van der Waals surface area (Å²) in [5, 5.41) is 17.4. The van der Waals surface area contributed by atoms with Gasteiger partial charge in [0.25, 0.3) is 0 Å². The summed E-state index contributed by atoms with van der Waals surface area (Å²) in [5.74, 6) is 1.03. The Morgan fingerprint density at radius 2 is 2.24 bits per heavy atom. The van der Waals surface area contributed by atoms with Gasteiger partial charge in [-0.15, -0.1) is 11.8 Å². The summed E-state index contributed by atoms with van der Waals surface area (Å²) in [6.45, 7) is 6.00. The molecule has 94 valence electrons. The zero-order valence-electron chi connectivity index (χ0n) is 10.4. The maximum absolute atomic E-state index is 9.00. The molecule has 4 N–H and O–H groups in total. The van der Waals surface area contributed by atoms with E-state index < -0.39 is 0 Å². The normalized spacial score (nSPS) is 12.5. The fraction of sp³-hybridized carbons (Fsp3) is 0.500. The van der Waals surface area contributed by atoms with Crippen LogP contribution in [0.2, 0.25) is 0 Å². The van der Waals surface area contributed by atoms with Gasteiger partial charge in [0.15, 0.2) is 0 Å². The molecule has 1 heterocycles. The summed E-state index contributed by atoms with van der Waals surface area (Å²) >= 11 is 1.54. The molecule has 1 unspecified atom stereocenters. The Labute approximate surface area is 106 Å². The van der Waals surface area contributed by atoms with Gasteiger partial charge in [-0.05, 0) is 31.4 Å². The van der Waals surface area contributed by atoms with Crippen LogP contribution in [0.5, 0.6) is 0 Å². The second kappa shape index (κ2) is 6.02. The maximum Gasteiger partial charge on any atom is 0.125 e. The number of aromatic nitrogens is 1. The molecule has 1 aromatic rings. The molecule has 0 aromatic carbocycles. The van der Waals surface area contributed by atoms with Crippen molar-refractivity contribution < 1.29 is 5.11 Å². The Morgan fingerprint density at radius 3 is 2.76 bits per heavy atom. The minimum Gasteiger partial charge on any atom is -0.396 e. The number of aliphatic hydroxyl groups excluding tert-OH is 1. The zero-order chi connectivity index (χ0) is 13.0. The Morgan fingerprint density at radius 1 is 1.59 bits per heavy atom. The highest BCUT2D eigenvalue weighted by molar-refractivity contribution is 7.99. The molecule has 1 aromatic heterocycles. The molecule has 0 aliphatic carbocycles. The van der Waals surface area contributed by atoms with Gasteiger partial charge in [0, 0.05) is 18.1 Å². The Bertz CT molecular complexity index is 420. The molecule has 0 amide bonds. The van der Waals surface area contributed by atoms with Gasteiger partial charge in [0.1, 0.15) is 10.9 Å². The first-order valence-electron chi connectivity index (χ1n) is 5.52. The maximum atomic E-state index is 9.00. The highest BCUT2D eigenvalue weighted by Crippen LogP contribution is 2.25. The quantitative estimate of drug-likeness (QED) is 0.424. The first kappa shape index (κ1) is 14.0. The number of amidine groups is 1. The van der Waals surface area contributed by atoms with Gasteiger partial charge < -0.3 is 10.8 Å². The average Bonchev–Trinajstić information content (AvgIpc) is 2.24. The largest absolute Gasteiger partial charge is 0.396 e. The molecule has 0 bridgehead atoms. The standard InChI is InChI=1S/C12H19N3OS/c1-7(5-16)6-17-12-10(11(13)14)8(2)4-9(3)15-12/h4,7,16H,5-6H2,1-3H3,(H3,13,14). The number of pyridine rings is 1. The van der Waals surface area contributed by atoms with Crippen LogP contribution in [0.3, 0.4) is 0 Å². The highest BCUT2D eigenvalue weighted by Gasteiger charge is 2.13. The molecule has 0 radical (unpaired) electrons. The van der Waals surface area contributed by atoms with Crippen LogP contribution in [0, 0.1) is 25.2 Å². The van der Waals surface area contributed by atoms with E-state index in [0.29, 0.717) is 5.56 Å². The molecule has 0 saturated heterocycles. The number of nitrogens with one attached hydrogen (secondary N) is 1. The summed E-state index contributed by atoms with van der Waals surface area (Å²) in [6, 6.07) is 1.93. The van der Waals surface area contributed by atoms with Crippen molar-refractivity contribution in [3.05, 3.63) is 22.9 Å². The van der Waals surface area contributed by atoms with Crippen LogP contribution in [-0.2, 0) is 0 Å². The van der Waals surface area contributed by atoms with Gasteiger partial charge in [-0.25, -0.2) is 4.98 Å². The molecule has 0 spiro atoms. The number of hydrogen-bond acceptors (Lipinski definition) is 4. The summed E-state index contributed by atoms with van der Waals surface area (Å²) in [7, 11) is 0. The smallest absolute Gasteiger partial charge is 0.125 e. The number of rotatable bonds is 5. The van der Waals surface area contributed by atoms with Gasteiger partial charge in [-0.1, -0.05) is 6.92 Å². The van der Waals surface area contributed by atoms with Crippen LogP contribution in [0.25, 0.3) is 0 Å². The van der Waals surface area contributed by atoms with E-state index in [-0.39, 0.29) is 18.4 Å². The molecule has 4 nitrogen and oxygen atoms in total. The van der Waals surface area contributed by atoms with Crippen molar-refractivity contribution >= 4 is 17.6 Å². The molecular weight excluding hydrogens is 234 g/mol. The van der Waals surface area contributed by atoms with Crippen molar-refractivity contribution in [3.63, 3.8) is 0 Å². The Hall–Kier alpha value is -1.07. The Kier molecular flexibility index (Phi) is 4.96. The molecule has 1 atom stereocenters. The summed E-state index contributed by atoms with van der Waals surface area (Å²) in [5.41, 5.74) is 8.20. The lowest BCUT2D eigenvalue weighted by atomic mass is 10.1. The lowest BCUT2D eigenvalue weighted by molar-refractivity contribution is 0.250. The van der Waals surface area contributed by atoms with Crippen LogP contribution >= 0.6 is 11.8 Å². The number of nitrogen functional groups attached to an aromatic ring is 1. The van der Waals surface area contributed by atoms with Gasteiger partial charge in [0.05, 0.1) is 5.56 Å². The number of hydrogen-bond donors (Lipinski definition) is 3. The number of aryl methyl sites for hydroxylation is 2. The molecule has 17 heavy (non-hydrogen) atoms. The predicted octanol–water partition coefficient (Wildman–Crippen LogP) is 1.70. The minimum absolute atomic E-state index is 0.0501. The van der Waals surface area contributed by atoms with Gasteiger partial charge in [-0.3, -0.25) is 5.41 Å². The molecule has 5 heteroatoms. The van der Waals surface area contributed by atoms with Gasteiger partial charge >= 0.3 is 0 Å². The average molecular weight is 253 g/mol. The molecule has 0 fully saturated rings. The van der Waals surface area contributed by atoms with E-state index in [0.717, 1.165) is 22.0 Å². The van der Waals surface area contributed by atoms with E-state index in [9.17, 15) is 0 Å². The second-order valence-corrected chi connectivity index (χ2v) is 5.28. The number of thioether (sulfide) groups is 1. The van der Waals surface area contributed by atoms with E-state index in [1.54, 1.807) is 11.8 Å². The first-order valence-corrected chi connectivity index (χ1v) is 6.50.